The Balaban J connectivity index is 2.50. The quantitative estimate of drug-likeness (QED) is 0.357. The average molecular weight is 568 g/mol. The smallest absolute Gasteiger partial charge is 0.408 e. The van der Waals surface area contributed by atoms with Crippen molar-refractivity contribution in [3.05, 3.63) is 70.8 Å². The second kappa shape index (κ2) is 15.2. The van der Waals surface area contributed by atoms with Gasteiger partial charge in [-0.2, -0.15) is 0 Å². The number of rotatable bonds is 12. The molecule has 2 aromatic carbocycles. The fourth-order valence-corrected chi connectivity index (χ4v) is 4.35. The summed E-state index contributed by atoms with van der Waals surface area (Å²) >= 11 is 0. The SMILES string of the molecule is CCOC(=O)CCNC(=O)C(c1ccc(C)c(C)c1)N(C(=O)C(Cc1ccccc1)NC(=O)OC(C)(C)C)C(C)C. The number of aryl methyl sites for hydroxylation is 2. The van der Waals surface area contributed by atoms with Crippen LogP contribution in [0.25, 0.3) is 0 Å². The Bertz CT molecular complexity index is 1190. The Kier molecular flexibility index (Phi) is 12.4. The summed E-state index contributed by atoms with van der Waals surface area (Å²) in [4.78, 5) is 54.3. The highest BCUT2D eigenvalue weighted by atomic mass is 16.6. The molecule has 224 valence electrons. The molecule has 0 heterocycles. The molecule has 0 bridgehead atoms. The Morgan fingerprint density at radius 1 is 0.951 bits per heavy atom. The molecule has 0 spiro atoms. The van der Waals surface area contributed by atoms with Gasteiger partial charge in [0.15, 0.2) is 0 Å². The molecule has 0 aliphatic rings. The van der Waals surface area contributed by atoms with Crippen molar-refractivity contribution in [2.24, 2.45) is 0 Å². The molecule has 0 aromatic heterocycles. The van der Waals surface area contributed by atoms with Crippen molar-refractivity contribution >= 4 is 23.9 Å². The van der Waals surface area contributed by atoms with Crippen LogP contribution in [-0.2, 0) is 30.3 Å². The van der Waals surface area contributed by atoms with Gasteiger partial charge in [-0.05, 0) is 77.6 Å². The maximum atomic E-state index is 14.3. The number of ether oxygens (including phenoxy) is 2. The lowest BCUT2D eigenvalue weighted by molar-refractivity contribution is -0.145. The van der Waals surface area contributed by atoms with Gasteiger partial charge >= 0.3 is 12.1 Å². The van der Waals surface area contributed by atoms with E-state index in [1.54, 1.807) is 27.7 Å². The number of carbonyl (C=O) groups excluding carboxylic acids is 4. The minimum absolute atomic E-state index is 0.00564. The molecule has 2 rings (SSSR count). The summed E-state index contributed by atoms with van der Waals surface area (Å²) < 4.78 is 10.4. The summed E-state index contributed by atoms with van der Waals surface area (Å²) in [6.45, 7) is 14.8. The van der Waals surface area contributed by atoms with E-state index in [1.807, 2.05) is 76.2 Å². The highest BCUT2D eigenvalue weighted by Crippen LogP contribution is 2.27. The van der Waals surface area contributed by atoms with E-state index < -0.39 is 47.6 Å². The molecule has 41 heavy (non-hydrogen) atoms. The van der Waals surface area contributed by atoms with Crippen molar-refractivity contribution in [3.8, 4) is 0 Å². The fourth-order valence-electron chi connectivity index (χ4n) is 4.35. The van der Waals surface area contributed by atoms with Crippen molar-refractivity contribution in [2.75, 3.05) is 13.2 Å². The van der Waals surface area contributed by atoms with Crippen LogP contribution in [0.5, 0.6) is 0 Å². The Morgan fingerprint density at radius 2 is 1.61 bits per heavy atom. The summed E-state index contributed by atoms with van der Waals surface area (Å²) in [6, 6.07) is 12.5. The van der Waals surface area contributed by atoms with Crippen LogP contribution in [0.2, 0.25) is 0 Å². The maximum Gasteiger partial charge on any atom is 0.408 e. The number of hydrogen-bond donors (Lipinski definition) is 2. The molecule has 0 radical (unpaired) electrons. The molecule has 2 aromatic rings. The number of hydrogen-bond acceptors (Lipinski definition) is 6. The molecular formula is C32H45N3O6. The zero-order valence-corrected chi connectivity index (χ0v) is 25.6. The number of nitrogens with one attached hydrogen (secondary N) is 2. The number of carbonyl (C=O) groups is 4. The molecule has 0 aliphatic carbocycles. The highest BCUT2D eigenvalue weighted by Gasteiger charge is 2.38. The van der Waals surface area contributed by atoms with E-state index >= 15 is 0 Å². The van der Waals surface area contributed by atoms with Crippen LogP contribution in [0, 0.1) is 13.8 Å². The third kappa shape index (κ3) is 10.6. The fraction of sp³-hybridized carbons (Fsp3) is 0.500. The van der Waals surface area contributed by atoms with Crippen molar-refractivity contribution in [3.63, 3.8) is 0 Å². The van der Waals surface area contributed by atoms with Gasteiger partial charge in [0.25, 0.3) is 0 Å². The lowest BCUT2D eigenvalue weighted by Gasteiger charge is -2.37. The Hall–Kier alpha value is -3.88. The summed E-state index contributed by atoms with van der Waals surface area (Å²) in [5.74, 6) is -1.29. The minimum Gasteiger partial charge on any atom is -0.466 e. The van der Waals surface area contributed by atoms with Gasteiger partial charge in [0.2, 0.25) is 11.8 Å². The summed E-state index contributed by atoms with van der Waals surface area (Å²) in [7, 11) is 0. The third-order valence-electron chi connectivity index (χ3n) is 6.39. The summed E-state index contributed by atoms with van der Waals surface area (Å²) in [5.41, 5.74) is 2.72. The number of benzene rings is 2. The van der Waals surface area contributed by atoms with Gasteiger partial charge in [-0.15, -0.1) is 0 Å². The molecule has 0 saturated heterocycles. The van der Waals surface area contributed by atoms with Crippen molar-refractivity contribution in [2.45, 2.75) is 92.0 Å². The molecule has 2 atom stereocenters. The van der Waals surface area contributed by atoms with Gasteiger partial charge in [0, 0.05) is 19.0 Å². The zero-order valence-electron chi connectivity index (χ0n) is 25.6. The van der Waals surface area contributed by atoms with Crippen LogP contribution < -0.4 is 10.6 Å². The van der Waals surface area contributed by atoms with Gasteiger partial charge in [0.05, 0.1) is 13.0 Å². The van der Waals surface area contributed by atoms with Crippen LogP contribution in [-0.4, -0.2) is 59.6 Å². The standard InChI is InChI=1S/C32H45N3O6/c1-9-40-27(36)17-18-33-29(37)28(25-16-15-22(4)23(5)19-25)35(21(2)3)30(38)26(20-24-13-11-10-12-14-24)34-31(39)41-32(6,7)8/h10-16,19,21,26,28H,9,17-18,20H2,1-8H3,(H,33,37)(H,34,39). The van der Waals surface area contributed by atoms with Crippen LogP contribution in [0.1, 0.15) is 76.3 Å². The lowest BCUT2D eigenvalue weighted by atomic mass is 9.96. The van der Waals surface area contributed by atoms with Crippen LogP contribution in [0.4, 0.5) is 4.79 Å². The first kappa shape index (κ1) is 33.3. The normalized spacial score (nSPS) is 12.7. The molecule has 0 saturated carbocycles. The van der Waals surface area contributed by atoms with E-state index in [1.165, 1.54) is 4.90 Å². The lowest BCUT2D eigenvalue weighted by Crippen LogP contribution is -2.55. The molecule has 2 N–H and O–H groups in total. The van der Waals surface area contributed by atoms with Crippen molar-refractivity contribution in [1.82, 2.24) is 15.5 Å². The molecule has 9 heteroatoms. The molecular weight excluding hydrogens is 522 g/mol. The van der Waals surface area contributed by atoms with E-state index in [0.29, 0.717) is 5.56 Å². The summed E-state index contributed by atoms with van der Waals surface area (Å²) in [6.07, 6.45) is -0.519. The van der Waals surface area contributed by atoms with Gasteiger partial charge in [-0.1, -0.05) is 48.5 Å². The zero-order chi connectivity index (χ0) is 30.7. The molecule has 2 unspecified atom stereocenters. The first-order valence-electron chi connectivity index (χ1n) is 14.1. The number of esters is 1. The predicted octanol–water partition coefficient (Wildman–Crippen LogP) is 4.79. The topological polar surface area (TPSA) is 114 Å². The van der Waals surface area contributed by atoms with Crippen LogP contribution in [0.15, 0.2) is 48.5 Å². The minimum atomic E-state index is -1.01. The average Bonchev–Trinajstić information content (AvgIpc) is 2.87. The highest BCUT2D eigenvalue weighted by molar-refractivity contribution is 5.92. The van der Waals surface area contributed by atoms with E-state index in [9.17, 15) is 19.2 Å². The monoisotopic (exact) mass is 567 g/mol. The van der Waals surface area contributed by atoms with Gasteiger partial charge in [-0.25, -0.2) is 4.79 Å². The number of amides is 3. The van der Waals surface area contributed by atoms with Crippen molar-refractivity contribution in [1.29, 1.82) is 0 Å². The Morgan fingerprint density at radius 3 is 2.17 bits per heavy atom. The number of alkyl carbamates (subject to hydrolysis) is 1. The molecule has 0 fully saturated rings. The van der Waals surface area contributed by atoms with Gasteiger partial charge < -0.3 is 25.0 Å². The van der Waals surface area contributed by atoms with E-state index in [-0.39, 0.29) is 26.0 Å². The van der Waals surface area contributed by atoms with E-state index in [2.05, 4.69) is 10.6 Å². The first-order chi connectivity index (χ1) is 19.2. The molecule has 3 amide bonds. The van der Waals surface area contributed by atoms with Crippen LogP contribution >= 0.6 is 0 Å². The third-order valence-corrected chi connectivity index (χ3v) is 6.39. The molecule has 0 aliphatic heterocycles. The van der Waals surface area contributed by atoms with E-state index in [0.717, 1.165) is 16.7 Å². The van der Waals surface area contributed by atoms with Gasteiger partial charge in [-0.3, -0.25) is 14.4 Å². The largest absolute Gasteiger partial charge is 0.466 e. The van der Waals surface area contributed by atoms with E-state index in [4.69, 9.17) is 9.47 Å². The second-order valence-electron chi connectivity index (χ2n) is 11.3. The predicted molar refractivity (Wildman–Crippen MR) is 158 cm³/mol. The summed E-state index contributed by atoms with van der Waals surface area (Å²) in [5, 5.41) is 5.56. The van der Waals surface area contributed by atoms with Crippen molar-refractivity contribution < 1.29 is 28.7 Å². The maximum absolute atomic E-state index is 14.3. The Labute approximate surface area is 244 Å². The first-order valence-corrected chi connectivity index (χ1v) is 14.1. The number of nitrogens with zero attached hydrogens (tertiary/aromatic N) is 1. The van der Waals surface area contributed by atoms with Crippen LogP contribution in [0.3, 0.4) is 0 Å². The second-order valence-corrected chi connectivity index (χ2v) is 11.3. The van der Waals surface area contributed by atoms with Gasteiger partial charge in [0.1, 0.15) is 17.7 Å². The molecule has 9 nitrogen and oxygen atoms in total.